The van der Waals surface area contributed by atoms with Crippen molar-refractivity contribution < 1.29 is 4.39 Å². The zero-order valence-electron chi connectivity index (χ0n) is 10.3. The van der Waals surface area contributed by atoms with Gasteiger partial charge in [-0.1, -0.05) is 27.7 Å². The highest BCUT2D eigenvalue weighted by Crippen LogP contribution is 2.63. The molecule has 3 N–H and O–H groups in total. The molecule has 0 aliphatic heterocycles. The summed E-state index contributed by atoms with van der Waals surface area (Å²) in [5.41, 5.74) is 7.54. The molecular weight excluding hydrogens is 203 g/mol. The number of nitrogens with two attached hydrogens (primary N) is 1. The molecule has 2 nitrogen and oxygen atoms in total. The molecule has 1 aliphatic rings. The lowest BCUT2D eigenvalue weighted by Crippen LogP contribution is -2.11. The Hall–Kier alpha value is -1.25. The van der Waals surface area contributed by atoms with Crippen LogP contribution in [-0.2, 0) is 0 Å². The number of nitrogen functional groups attached to an aromatic ring is 1. The van der Waals surface area contributed by atoms with Crippen LogP contribution < -0.4 is 11.1 Å². The van der Waals surface area contributed by atoms with Gasteiger partial charge in [-0.05, 0) is 29.0 Å². The van der Waals surface area contributed by atoms with Gasteiger partial charge < -0.3 is 11.1 Å². The van der Waals surface area contributed by atoms with E-state index in [9.17, 15) is 4.39 Å². The summed E-state index contributed by atoms with van der Waals surface area (Å²) < 4.78 is 13.1. The maximum Gasteiger partial charge on any atom is 0.125 e. The van der Waals surface area contributed by atoms with Gasteiger partial charge in [0.1, 0.15) is 5.82 Å². The molecule has 88 valence electrons. The van der Waals surface area contributed by atoms with Crippen molar-refractivity contribution in [2.75, 3.05) is 11.1 Å². The number of benzene rings is 1. The van der Waals surface area contributed by atoms with Crippen LogP contribution in [0.2, 0.25) is 0 Å². The third-order valence-electron chi connectivity index (χ3n) is 4.34. The maximum atomic E-state index is 13.1. The Morgan fingerprint density at radius 3 is 2.25 bits per heavy atom. The minimum atomic E-state index is -0.257. The summed E-state index contributed by atoms with van der Waals surface area (Å²) in [6.45, 7) is 8.83. The van der Waals surface area contributed by atoms with E-state index in [1.165, 1.54) is 12.1 Å². The molecule has 0 spiro atoms. The molecule has 0 heterocycles. The normalized spacial score (nSPS) is 21.8. The molecule has 1 aromatic carbocycles. The van der Waals surface area contributed by atoms with Crippen LogP contribution in [0.1, 0.15) is 27.7 Å². The molecule has 0 saturated heterocycles. The summed E-state index contributed by atoms with van der Waals surface area (Å²) in [5, 5.41) is 3.34. The number of rotatable bonds is 2. The Balaban J connectivity index is 2.21. The maximum absolute atomic E-state index is 13.1. The largest absolute Gasteiger partial charge is 0.397 e. The molecule has 16 heavy (non-hydrogen) atoms. The summed E-state index contributed by atoms with van der Waals surface area (Å²) in [5.74, 6) is -0.257. The van der Waals surface area contributed by atoms with Crippen molar-refractivity contribution in [3.63, 3.8) is 0 Å². The number of halogens is 1. The number of hydrogen-bond acceptors (Lipinski definition) is 2. The van der Waals surface area contributed by atoms with Gasteiger partial charge in [-0.25, -0.2) is 4.39 Å². The molecule has 0 atom stereocenters. The topological polar surface area (TPSA) is 38.0 Å². The van der Waals surface area contributed by atoms with Gasteiger partial charge in [-0.3, -0.25) is 0 Å². The van der Waals surface area contributed by atoms with Gasteiger partial charge in [0.15, 0.2) is 0 Å². The van der Waals surface area contributed by atoms with Crippen LogP contribution in [0.4, 0.5) is 15.8 Å². The average Bonchev–Trinajstić information content (AvgIpc) is 2.54. The molecule has 1 saturated carbocycles. The lowest BCUT2D eigenvalue weighted by molar-refractivity contribution is 0.457. The predicted octanol–water partition coefficient (Wildman–Crippen LogP) is 3.25. The average molecular weight is 222 g/mol. The Kier molecular flexibility index (Phi) is 2.19. The van der Waals surface area contributed by atoms with Crippen LogP contribution in [-0.4, -0.2) is 6.04 Å². The minimum Gasteiger partial charge on any atom is -0.397 e. The molecule has 1 aromatic rings. The summed E-state index contributed by atoms with van der Waals surface area (Å²) in [4.78, 5) is 0. The van der Waals surface area contributed by atoms with Crippen LogP contribution in [0.25, 0.3) is 0 Å². The minimum absolute atomic E-state index is 0.214. The first kappa shape index (κ1) is 11.2. The van der Waals surface area contributed by atoms with E-state index in [4.69, 9.17) is 5.73 Å². The molecule has 3 heteroatoms. The molecular formula is C13H19FN2. The van der Waals surface area contributed by atoms with Crippen molar-refractivity contribution >= 4 is 11.4 Å². The van der Waals surface area contributed by atoms with Gasteiger partial charge in [0, 0.05) is 6.04 Å². The fourth-order valence-corrected chi connectivity index (χ4v) is 2.37. The highest BCUT2D eigenvalue weighted by molar-refractivity contribution is 5.67. The van der Waals surface area contributed by atoms with E-state index in [0.29, 0.717) is 17.4 Å². The van der Waals surface area contributed by atoms with E-state index in [-0.39, 0.29) is 16.6 Å². The van der Waals surface area contributed by atoms with Crippen LogP contribution in [0, 0.1) is 16.6 Å². The summed E-state index contributed by atoms with van der Waals surface area (Å²) in [7, 11) is 0. The smallest absolute Gasteiger partial charge is 0.125 e. The van der Waals surface area contributed by atoms with Crippen molar-refractivity contribution in [1.82, 2.24) is 0 Å². The second kappa shape index (κ2) is 3.12. The number of nitrogens with one attached hydrogen (secondary N) is 1. The van der Waals surface area contributed by atoms with Crippen molar-refractivity contribution in [3.8, 4) is 0 Å². The van der Waals surface area contributed by atoms with Crippen LogP contribution in [0.3, 0.4) is 0 Å². The summed E-state index contributed by atoms with van der Waals surface area (Å²) in [6, 6.07) is 4.77. The third-order valence-corrected chi connectivity index (χ3v) is 4.34. The monoisotopic (exact) mass is 222 g/mol. The fourth-order valence-electron chi connectivity index (χ4n) is 2.37. The number of anilines is 2. The van der Waals surface area contributed by atoms with E-state index in [1.807, 2.05) is 0 Å². The van der Waals surface area contributed by atoms with Gasteiger partial charge in [0.2, 0.25) is 0 Å². The first-order chi connectivity index (χ1) is 7.26. The highest BCUT2D eigenvalue weighted by atomic mass is 19.1. The van der Waals surface area contributed by atoms with Crippen LogP contribution in [0.5, 0.6) is 0 Å². The molecule has 1 aliphatic carbocycles. The SMILES string of the molecule is CC1(C)C(Nc2cc(F)ccc2N)C1(C)C. The van der Waals surface area contributed by atoms with Gasteiger partial charge in [0.05, 0.1) is 11.4 Å². The molecule has 1 fully saturated rings. The van der Waals surface area contributed by atoms with Crippen LogP contribution in [0.15, 0.2) is 18.2 Å². The lowest BCUT2D eigenvalue weighted by atomic mass is 10.0. The second-order valence-electron chi connectivity index (χ2n) is 5.75. The van der Waals surface area contributed by atoms with Crippen molar-refractivity contribution in [2.24, 2.45) is 10.8 Å². The predicted molar refractivity (Wildman–Crippen MR) is 65.8 cm³/mol. The molecule has 0 radical (unpaired) electrons. The van der Waals surface area contributed by atoms with Gasteiger partial charge >= 0.3 is 0 Å². The first-order valence-electron chi connectivity index (χ1n) is 5.58. The van der Waals surface area contributed by atoms with E-state index in [2.05, 4.69) is 33.0 Å². The first-order valence-corrected chi connectivity index (χ1v) is 5.58. The van der Waals surface area contributed by atoms with Crippen LogP contribution >= 0.6 is 0 Å². The van der Waals surface area contributed by atoms with E-state index in [0.717, 1.165) is 0 Å². The molecule has 2 rings (SSSR count). The lowest BCUT2D eigenvalue weighted by Gasteiger charge is -2.11. The van der Waals surface area contributed by atoms with Crippen molar-refractivity contribution in [1.29, 1.82) is 0 Å². The van der Waals surface area contributed by atoms with E-state index >= 15 is 0 Å². The Morgan fingerprint density at radius 1 is 1.19 bits per heavy atom. The molecule has 0 amide bonds. The Labute approximate surface area is 96.0 Å². The Bertz CT molecular complexity index is 410. The quantitative estimate of drug-likeness (QED) is 0.754. The number of hydrogen-bond donors (Lipinski definition) is 2. The zero-order chi connectivity index (χ0) is 12.1. The van der Waals surface area contributed by atoms with E-state index in [1.54, 1.807) is 6.07 Å². The van der Waals surface area contributed by atoms with Crippen molar-refractivity contribution in [3.05, 3.63) is 24.0 Å². The zero-order valence-corrected chi connectivity index (χ0v) is 10.3. The Morgan fingerprint density at radius 2 is 1.75 bits per heavy atom. The fraction of sp³-hybridized carbons (Fsp3) is 0.538. The van der Waals surface area contributed by atoms with Gasteiger partial charge in [-0.15, -0.1) is 0 Å². The van der Waals surface area contributed by atoms with Gasteiger partial charge in [0.25, 0.3) is 0 Å². The third kappa shape index (κ3) is 1.46. The van der Waals surface area contributed by atoms with Crippen molar-refractivity contribution in [2.45, 2.75) is 33.7 Å². The molecule has 0 aromatic heterocycles. The van der Waals surface area contributed by atoms with E-state index < -0.39 is 0 Å². The summed E-state index contributed by atoms with van der Waals surface area (Å²) in [6.07, 6.45) is 0. The second-order valence-corrected chi connectivity index (χ2v) is 5.75. The molecule has 0 bridgehead atoms. The standard InChI is InChI=1S/C13H19FN2/c1-12(2)11(13(12,3)4)16-10-7-8(14)5-6-9(10)15/h5-7,11,16H,15H2,1-4H3. The highest BCUT2D eigenvalue weighted by Gasteiger charge is 2.64. The molecule has 0 unspecified atom stereocenters. The van der Waals surface area contributed by atoms with Gasteiger partial charge in [-0.2, -0.15) is 0 Å². The summed E-state index contributed by atoms with van der Waals surface area (Å²) >= 11 is 0.